The van der Waals surface area contributed by atoms with Crippen LogP contribution in [0.5, 0.6) is 0 Å². The van der Waals surface area contributed by atoms with Crippen LogP contribution in [0.3, 0.4) is 0 Å². The zero-order valence-electron chi connectivity index (χ0n) is 8.87. The molecule has 0 aliphatic heterocycles. The van der Waals surface area contributed by atoms with Crippen LogP contribution in [0.15, 0.2) is 16.6 Å². The predicted molar refractivity (Wildman–Crippen MR) is 61.1 cm³/mol. The Balaban J connectivity index is 2.62. The summed E-state index contributed by atoms with van der Waals surface area (Å²) in [4.78, 5) is 21.3. The highest BCUT2D eigenvalue weighted by Crippen LogP contribution is 2.23. The molecule has 0 spiro atoms. The monoisotopic (exact) mass is 323 g/mol. The summed E-state index contributed by atoms with van der Waals surface area (Å²) in [6, 6.07) is 1.97. The maximum Gasteiger partial charge on any atom is 0.329 e. The lowest BCUT2D eigenvalue weighted by atomic mass is 10.3. The van der Waals surface area contributed by atoms with E-state index in [1.54, 1.807) is 0 Å². The molecule has 0 atom stereocenters. The molecule has 0 saturated heterocycles. The zero-order valence-corrected chi connectivity index (χ0v) is 10.5. The van der Waals surface area contributed by atoms with Gasteiger partial charge in [0.2, 0.25) is 0 Å². The van der Waals surface area contributed by atoms with Crippen molar-refractivity contribution in [3.63, 3.8) is 0 Å². The van der Waals surface area contributed by atoms with Crippen molar-refractivity contribution < 1.29 is 28.2 Å². The summed E-state index contributed by atoms with van der Waals surface area (Å²) in [7, 11) is 0. The van der Waals surface area contributed by atoms with Gasteiger partial charge in [-0.2, -0.15) is 0 Å². The van der Waals surface area contributed by atoms with E-state index < -0.39 is 42.4 Å². The topological polar surface area (TPSA) is 75.6 Å². The number of hydrogen-bond acceptors (Lipinski definition) is 3. The van der Waals surface area contributed by atoms with Crippen LogP contribution in [0, 0.1) is 11.6 Å². The Morgan fingerprint density at radius 1 is 1.28 bits per heavy atom. The number of rotatable bonds is 5. The van der Waals surface area contributed by atoms with Crippen molar-refractivity contribution in [3.05, 3.63) is 28.2 Å². The first-order chi connectivity index (χ1) is 8.40. The maximum absolute atomic E-state index is 13.3. The number of carboxylic acid groups (broad SMARTS) is 1. The fourth-order valence-electron chi connectivity index (χ4n) is 1.07. The number of carboxylic acids is 1. The van der Waals surface area contributed by atoms with Crippen LogP contribution in [-0.4, -0.2) is 30.2 Å². The Labute approximate surface area is 109 Å². The highest BCUT2D eigenvalue weighted by atomic mass is 79.9. The van der Waals surface area contributed by atoms with E-state index in [-0.39, 0.29) is 4.47 Å². The normalized spacial score (nSPS) is 10.2. The minimum atomic E-state index is -1.25. The summed E-state index contributed by atoms with van der Waals surface area (Å²) in [6.45, 7) is -1.28. The molecule has 0 radical (unpaired) electrons. The predicted octanol–water partition coefficient (Wildman–Crippen LogP) is 1.77. The molecular formula is C10H8BrF2NO4. The second-order valence-corrected chi connectivity index (χ2v) is 4.09. The number of benzene rings is 1. The molecule has 1 aromatic rings. The van der Waals surface area contributed by atoms with E-state index in [4.69, 9.17) is 5.11 Å². The second kappa shape index (κ2) is 6.41. The van der Waals surface area contributed by atoms with Gasteiger partial charge >= 0.3 is 5.97 Å². The molecule has 18 heavy (non-hydrogen) atoms. The molecule has 0 unspecified atom stereocenters. The van der Waals surface area contributed by atoms with Crippen molar-refractivity contribution in [3.8, 4) is 0 Å². The molecule has 0 fully saturated rings. The molecule has 1 amide bonds. The van der Waals surface area contributed by atoms with Crippen LogP contribution in [0.4, 0.5) is 14.5 Å². The van der Waals surface area contributed by atoms with E-state index >= 15 is 0 Å². The average molecular weight is 324 g/mol. The molecule has 1 rings (SSSR count). The smallest absolute Gasteiger partial charge is 0.329 e. The van der Waals surface area contributed by atoms with Crippen molar-refractivity contribution in [2.45, 2.75) is 0 Å². The van der Waals surface area contributed by atoms with Gasteiger partial charge in [0.25, 0.3) is 5.91 Å². The Hall–Kier alpha value is -1.54. The van der Waals surface area contributed by atoms with Crippen LogP contribution in [0.2, 0.25) is 0 Å². The molecule has 8 heteroatoms. The first kappa shape index (κ1) is 14.5. The van der Waals surface area contributed by atoms with E-state index in [0.29, 0.717) is 0 Å². The fraction of sp³-hybridized carbons (Fsp3) is 0.200. The highest BCUT2D eigenvalue weighted by molar-refractivity contribution is 9.10. The number of halogens is 3. The van der Waals surface area contributed by atoms with Crippen molar-refractivity contribution in [2.24, 2.45) is 0 Å². The van der Waals surface area contributed by atoms with E-state index in [0.717, 1.165) is 12.1 Å². The Bertz CT molecular complexity index is 458. The first-order valence-corrected chi connectivity index (χ1v) is 5.43. The molecular weight excluding hydrogens is 316 g/mol. The van der Waals surface area contributed by atoms with Gasteiger partial charge in [-0.15, -0.1) is 0 Å². The van der Waals surface area contributed by atoms with Crippen LogP contribution >= 0.6 is 15.9 Å². The van der Waals surface area contributed by atoms with Gasteiger partial charge in [0.15, 0.2) is 11.6 Å². The number of nitrogens with one attached hydrogen (secondary N) is 1. The van der Waals surface area contributed by atoms with Crippen molar-refractivity contribution in [1.82, 2.24) is 0 Å². The third-order valence-corrected chi connectivity index (χ3v) is 2.19. The Morgan fingerprint density at radius 2 is 1.83 bits per heavy atom. The minimum absolute atomic E-state index is 0.192. The quantitative estimate of drug-likeness (QED) is 0.865. The van der Waals surface area contributed by atoms with Gasteiger partial charge in [0.05, 0.1) is 0 Å². The summed E-state index contributed by atoms with van der Waals surface area (Å²) >= 11 is 2.89. The van der Waals surface area contributed by atoms with Gasteiger partial charge in [-0.25, -0.2) is 13.6 Å². The molecule has 0 aliphatic carbocycles. The summed E-state index contributed by atoms with van der Waals surface area (Å²) < 4.78 is 31.3. The lowest BCUT2D eigenvalue weighted by Crippen LogP contribution is -2.21. The largest absolute Gasteiger partial charge is 0.480 e. The maximum atomic E-state index is 13.3. The van der Waals surface area contributed by atoms with Crippen molar-refractivity contribution >= 4 is 33.5 Å². The average Bonchev–Trinajstić information content (AvgIpc) is 2.22. The number of carbonyl (C=O) groups is 2. The van der Waals surface area contributed by atoms with E-state index in [2.05, 4.69) is 20.7 Å². The number of hydrogen-bond donors (Lipinski definition) is 2. The summed E-state index contributed by atoms with van der Waals surface area (Å²) in [5, 5.41) is 10.2. The molecule has 1 aromatic carbocycles. The van der Waals surface area contributed by atoms with Crippen LogP contribution in [0.1, 0.15) is 0 Å². The highest BCUT2D eigenvalue weighted by Gasteiger charge is 2.13. The van der Waals surface area contributed by atoms with E-state index in [9.17, 15) is 18.4 Å². The number of aliphatic carboxylic acids is 1. The van der Waals surface area contributed by atoms with Crippen LogP contribution in [0.25, 0.3) is 0 Å². The van der Waals surface area contributed by atoms with Gasteiger partial charge in [-0.1, -0.05) is 15.9 Å². The molecule has 0 saturated carbocycles. The lowest BCUT2D eigenvalue weighted by molar-refractivity contribution is -0.143. The third-order valence-electron chi connectivity index (χ3n) is 1.73. The third kappa shape index (κ3) is 4.38. The zero-order chi connectivity index (χ0) is 13.7. The summed E-state index contributed by atoms with van der Waals surface area (Å²) in [5.41, 5.74) is -0.609. The second-order valence-electron chi connectivity index (χ2n) is 3.18. The molecule has 0 bridgehead atoms. The van der Waals surface area contributed by atoms with Gasteiger partial charge < -0.3 is 15.2 Å². The molecule has 0 aliphatic rings. The van der Waals surface area contributed by atoms with Gasteiger partial charge in [-0.3, -0.25) is 4.79 Å². The van der Waals surface area contributed by atoms with Crippen molar-refractivity contribution in [1.29, 1.82) is 0 Å². The number of anilines is 1. The SMILES string of the molecule is O=C(O)COCC(=O)Nc1c(F)cc(Br)cc1F. The van der Waals surface area contributed by atoms with Crippen LogP contribution in [-0.2, 0) is 14.3 Å². The first-order valence-electron chi connectivity index (χ1n) is 4.64. The van der Waals surface area contributed by atoms with E-state index in [1.165, 1.54) is 0 Å². The summed E-state index contributed by atoms with van der Waals surface area (Å²) in [6.07, 6.45) is 0. The molecule has 5 nitrogen and oxygen atoms in total. The molecule has 98 valence electrons. The lowest BCUT2D eigenvalue weighted by Gasteiger charge is -2.08. The minimum Gasteiger partial charge on any atom is -0.480 e. The summed E-state index contributed by atoms with van der Waals surface area (Å²) in [5.74, 6) is -4.00. The number of ether oxygens (including phenoxy) is 1. The van der Waals surface area contributed by atoms with E-state index in [1.807, 2.05) is 5.32 Å². The Morgan fingerprint density at radius 3 is 2.33 bits per heavy atom. The fourth-order valence-corrected chi connectivity index (χ4v) is 1.47. The molecule has 0 aromatic heterocycles. The molecule has 2 N–H and O–H groups in total. The standard InChI is InChI=1S/C10H8BrF2NO4/c11-5-1-6(12)10(7(13)2-5)14-8(15)3-18-4-9(16)17/h1-2H,3-4H2,(H,14,15)(H,16,17). The number of amides is 1. The number of carbonyl (C=O) groups excluding carboxylic acids is 1. The Kier molecular flexibility index (Phi) is 5.17. The van der Waals surface area contributed by atoms with Crippen molar-refractivity contribution in [2.75, 3.05) is 18.5 Å². The van der Waals surface area contributed by atoms with Gasteiger partial charge in [-0.05, 0) is 12.1 Å². The van der Waals surface area contributed by atoms with Gasteiger partial charge in [0, 0.05) is 4.47 Å². The van der Waals surface area contributed by atoms with Crippen LogP contribution < -0.4 is 5.32 Å². The van der Waals surface area contributed by atoms with Gasteiger partial charge in [0.1, 0.15) is 18.9 Å². The molecule has 0 heterocycles.